The molecule has 1 aromatic carbocycles. The summed E-state index contributed by atoms with van der Waals surface area (Å²) in [5, 5.41) is 12.0. The Kier molecular flexibility index (Phi) is 5.00. The van der Waals surface area contributed by atoms with Crippen molar-refractivity contribution in [1.29, 1.82) is 0 Å². The molecule has 4 nitrogen and oxygen atoms in total. The molecule has 0 fully saturated rings. The molecule has 7 heteroatoms. The highest BCUT2D eigenvalue weighted by molar-refractivity contribution is 7.08. The minimum Gasteiger partial charge on any atom is -0.311 e. The number of carbonyl (C=O) groups excluding carboxylic acids is 1. The number of halogens is 2. The number of benzene rings is 1. The summed E-state index contributed by atoms with van der Waals surface area (Å²) in [6, 6.07) is 9.14. The summed E-state index contributed by atoms with van der Waals surface area (Å²) in [6.45, 7) is 0.431. The molecule has 0 atom stereocenters. The summed E-state index contributed by atoms with van der Waals surface area (Å²) in [7, 11) is 0. The zero-order valence-corrected chi connectivity index (χ0v) is 14.3. The molecule has 0 aliphatic heterocycles. The summed E-state index contributed by atoms with van der Waals surface area (Å²) >= 11 is 13.8. The fourth-order valence-corrected chi connectivity index (χ4v) is 3.21. The third-order valence-electron chi connectivity index (χ3n) is 3.28. The fourth-order valence-electron chi connectivity index (χ4n) is 2.16. The second-order valence-electron chi connectivity index (χ2n) is 4.94. The highest BCUT2D eigenvalue weighted by Gasteiger charge is 2.11. The van der Waals surface area contributed by atoms with Gasteiger partial charge in [-0.15, -0.1) is 0 Å². The first-order valence-electron chi connectivity index (χ1n) is 6.89. The first-order chi connectivity index (χ1) is 11.1. The van der Waals surface area contributed by atoms with Crippen LogP contribution in [-0.2, 0) is 17.8 Å². The van der Waals surface area contributed by atoms with Gasteiger partial charge in [0.15, 0.2) is 0 Å². The molecule has 3 rings (SSSR count). The van der Waals surface area contributed by atoms with E-state index in [-0.39, 0.29) is 5.91 Å². The van der Waals surface area contributed by atoms with Crippen molar-refractivity contribution < 1.29 is 4.79 Å². The van der Waals surface area contributed by atoms with E-state index in [0.29, 0.717) is 28.8 Å². The number of carbonyl (C=O) groups is 1. The van der Waals surface area contributed by atoms with E-state index in [0.717, 1.165) is 11.1 Å². The number of hydrogen-bond donors (Lipinski definition) is 1. The van der Waals surface area contributed by atoms with Crippen LogP contribution in [0.5, 0.6) is 0 Å². The monoisotopic (exact) mass is 365 g/mol. The number of nitrogens with one attached hydrogen (secondary N) is 1. The molecule has 2 aromatic heterocycles. The van der Waals surface area contributed by atoms with Crippen LogP contribution in [0.25, 0.3) is 0 Å². The Morgan fingerprint density at radius 2 is 2.13 bits per heavy atom. The van der Waals surface area contributed by atoms with Crippen molar-refractivity contribution in [1.82, 2.24) is 9.78 Å². The number of thiophene rings is 1. The predicted octanol–water partition coefficient (Wildman–Crippen LogP) is 4.48. The van der Waals surface area contributed by atoms with E-state index in [9.17, 15) is 4.79 Å². The Labute approximate surface area is 147 Å². The van der Waals surface area contributed by atoms with Crippen LogP contribution in [0.3, 0.4) is 0 Å². The fraction of sp³-hybridized carbons (Fsp3) is 0.125. The van der Waals surface area contributed by atoms with Crippen molar-refractivity contribution in [2.75, 3.05) is 5.32 Å². The molecule has 0 saturated heterocycles. The number of amides is 1. The molecular formula is C16H13Cl2N3OS. The maximum Gasteiger partial charge on any atom is 0.229 e. The van der Waals surface area contributed by atoms with E-state index in [1.807, 2.05) is 29.0 Å². The average molecular weight is 366 g/mol. The number of nitrogens with zero attached hydrogens (tertiary/aromatic N) is 2. The second kappa shape index (κ2) is 7.17. The van der Waals surface area contributed by atoms with Gasteiger partial charge in [0.2, 0.25) is 5.91 Å². The number of aromatic nitrogens is 2. The van der Waals surface area contributed by atoms with Gasteiger partial charge in [-0.1, -0.05) is 35.3 Å². The molecule has 0 saturated carbocycles. The molecule has 0 aliphatic rings. The molecule has 23 heavy (non-hydrogen) atoms. The first-order valence-corrected chi connectivity index (χ1v) is 8.59. The van der Waals surface area contributed by atoms with Crippen molar-refractivity contribution in [2.45, 2.75) is 13.0 Å². The summed E-state index contributed by atoms with van der Waals surface area (Å²) in [4.78, 5) is 12.1. The minimum absolute atomic E-state index is 0.0812. The Bertz CT molecular complexity index is 815. The Morgan fingerprint density at radius 3 is 2.91 bits per heavy atom. The SMILES string of the molecule is O=C(Cc1ccsc1)Nc1ccnn1Cc1cccc(Cl)c1Cl. The molecule has 0 bridgehead atoms. The molecule has 0 aliphatic carbocycles. The Balaban J connectivity index is 1.72. The van der Waals surface area contributed by atoms with Gasteiger partial charge in [-0.3, -0.25) is 4.79 Å². The summed E-state index contributed by atoms with van der Waals surface area (Å²) in [5.74, 6) is 0.545. The minimum atomic E-state index is -0.0812. The van der Waals surface area contributed by atoms with Crippen LogP contribution in [0.1, 0.15) is 11.1 Å². The van der Waals surface area contributed by atoms with Gasteiger partial charge in [-0.05, 0) is 34.0 Å². The molecule has 0 spiro atoms. The number of rotatable bonds is 5. The molecule has 118 valence electrons. The number of hydrogen-bond acceptors (Lipinski definition) is 3. The van der Waals surface area contributed by atoms with Gasteiger partial charge >= 0.3 is 0 Å². The van der Waals surface area contributed by atoms with Crippen molar-refractivity contribution in [3.8, 4) is 0 Å². The molecule has 2 heterocycles. The van der Waals surface area contributed by atoms with Crippen molar-refractivity contribution in [3.05, 3.63) is 68.5 Å². The zero-order chi connectivity index (χ0) is 16.2. The third-order valence-corrected chi connectivity index (χ3v) is 4.87. The van der Waals surface area contributed by atoms with Crippen molar-refractivity contribution in [3.63, 3.8) is 0 Å². The van der Waals surface area contributed by atoms with Gasteiger partial charge in [0, 0.05) is 6.07 Å². The predicted molar refractivity (Wildman–Crippen MR) is 94.4 cm³/mol. The summed E-state index contributed by atoms with van der Waals surface area (Å²) in [5.41, 5.74) is 1.84. The van der Waals surface area contributed by atoms with E-state index in [1.165, 1.54) is 0 Å². The van der Waals surface area contributed by atoms with E-state index in [4.69, 9.17) is 23.2 Å². The van der Waals surface area contributed by atoms with E-state index >= 15 is 0 Å². The van der Waals surface area contributed by atoms with Gasteiger partial charge in [0.25, 0.3) is 0 Å². The molecule has 1 amide bonds. The maximum absolute atomic E-state index is 12.1. The van der Waals surface area contributed by atoms with Crippen LogP contribution in [0.4, 0.5) is 5.82 Å². The lowest BCUT2D eigenvalue weighted by Crippen LogP contribution is -2.17. The van der Waals surface area contributed by atoms with Crippen LogP contribution in [0.2, 0.25) is 10.0 Å². The van der Waals surface area contributed by atoms with Gasteiger partial charge in [-0.25, -0.2) is 4.68 Å². The highest BCUT2D eigenvalue weighted by atomic mass is 35.5. The Hall–Kier alpha value is -1.82. The standard InChI is InChI=1S/C16H13Cl2N3OS/c17-13-3-1-2-12(16(13)18)9-21-14(4-6-19-21)20-15(22)8-11-5-7-23-10-11/h1-7,10H,8-9H2,(H,20,22). The van der Waals surface area contributed by atoms with E-state index in [1.54, 1.807) is 34.3 Å². The van der Waals surface area contributed by atoms with Crippen molar-refractivity contribution in [2.24, 2.45) is 0 Å². The molecule has 1 N–H and O–H groups in total. The van der Waals surface area contributed by atoms with Crippen LogP contribution < -0.4 is 5.32 Å². The lowest BCUT2D eigenvalue weighted by atomic mass is 10.2. The molecular weight excluding hydrogens is 353 g/mol. The van der Waals surface area contributed by atoms with Gasteiger partial charge < -0.3 is 5.32 Å². The molecule has 0 unspecified atom stereocenters. The second-order valence-corrected chi connectivity index (χ2v) is 6.51. The lowest BCUT2D eigenvalue weighted by molar-refractivity contribution is -0.115. The lowest BCUT2D eigenvalue weighted by Gasteiger charge is -2.10. The van der Waals surface area contributed by atoms with Gasteiger partial charge in [0.1, 0.15) is 5.82 Å². The van der Waals surface area contributed by atoms with Crippen molar-refractivity contribution >= 4 is 46.3 Å². The van der Waals surface area contributed by atoms with E-state index in [2.05, 4.69) is 10.4 Å². The highest BCUT2D eigenvalue weighted by Crippen LogP contribution is 2.26. The normalized spacial score (nSPS) is 10.7. The van der Waals surface area contributed by atoms with Gasteiger partial charge in [0.05, 0.1) is 29.2 Å². The smallest absolute Gasteiger partial charge is 0.229 e. The van der Waals surface area contributed by atoms with Crippen LogP contribution in [-0.4, -0.2) is 15.7 Å². The topological polar surface area (TPSA) is 46.9 Å². The van der Waals surface area contributed by atoms with E-state index < -0.39 is 0 Å². The third kappa shape index (κ3) is 3.93. The average Bonchev–Trinajstić information content (AvgIpc) is 3.16. The Morgan fingerprint density at radius 1 is 1.26 bits per heavy atom. The first kappa shape index (κ1) is 16.1. The zero-order valence-electron chi connectivity index (χ0n) is 12.0. The largest absolute Gasteiger partial charge is 0.311 e. The van der Waals surface area contributed by atoms with Gasteiger partial charge in [-0.2, -0.15) is 16.4 Å². The molecule has 0 radical (unpaired) electrons. The quantitative estimate of drug-likeness (QED) is 0.724. The maximum atomic E-state index is 12.1. The summed E-state index contributed by atoms with van der Waals surface area (Å²) in [6.07, 6.45) is 1.98. The van der Waals surface area contributed by atoms with Crippen LogP contribution in [0, 0.1) is 0 Å². The molecule has 3 aromatic rings. The number of anilines is 1. The van der Waals surface area contributed by atoms with Crippen LogP contribution in [0.15, 0.2) is 47.3 Å². The summed E-state index contributed by atoms with van der Waals surface area (Å²) < 4.78 is 1.68. The van der Waals surface area contributed by atoms with Crippen LogP contribution >= 0.6 is 34.5 Å².